The lowest BCUT2D eigenvalue weighted by atomic mass is 10.2. The van der Waals surface area contributed by atoms with Crippen LogP contribution < -0.4 is 30.8 Å². The zero-order valence-corrected chi connectivity index (χ0v) is 21.5. The van der Waals surface area contributed by atoms with Gasteiger partial charge in [-0.15, -0.1) is 0 Å². The van der Waals surface area contributed by atoms with Gasteiger partial charge in [0.25, 0.3) is 0 Å². The fourth-order valence-corrected chi connectivity index (χ4v) is 3.15. The molecule has 1 heterocycles. The summed E-state index contributed by atoms with van der Waals surface area (Å²) in [4.78, 5) is 48.3. The Labute approximate surface area is 226 Å². The molecule has 4 N–H and O–H groups in total. The molecule has 0 saturated carbocycles. The van der Waals surface area contributed by atoms with E-state index in [0.29, 0.717) is 28.0 Å². The van der Waals surface area contributed by atoms with Crippen LogP contribution in [0.2, 0.25) is 10.0 Å². The van der Waals surface area contributed by atoms with Crippen LogP contribution in [0.4, 0.5) is 11.4 Å². The minimum Gasteiger partial charge on any atom is -0.497 e. The summed E-state index contributed by atoms with van der Waals surface area (Å²) in [6.45, 7) is -0.0973. The van der Waals surface area contributed by atoms with Crippen molar-refractivity contribution in [2.75, 3.05) is 24.9 Å². The van der Waals surface area contributed by atoms with E-state index < -0.39 is 23.6 Å². The number of anilines is 2. The molecule has 0 fully saturated rings. The Morgan fingerprint density at radius 1 is 0.868 bits per heavy atom. The fourth-order valence-electron chi connectivity index (χ4n) is 2.85. The molecule has 3 rings (SSSR count). The van der Waals surface area contributed by atoms with E-state index in [2.05, 4.69) is 26.5 Å². The van der Waals surface area contributed by atoms with Crippen molar-refractivity contribution in [3.8, 4) is 11.5 Å². The first kappa shape index (κ1) is 28.0. The Balaban J connectivity index is 1.46. The smallest absolute Gasteiger partial charge is 0.329 e. The van der Waals surface area contributed by atoms with Crippen molar-refractivity contribution in [3.05, 3.63) is 70.1 Å². The second-order valence-corrected chi connectivity index (χ2v) is 8.10. The highest BCUT2D eigenvalue weighted by Gasteiger charge is 2.17. The summed E-state index contributed by atoms with van der Waals surface area (Å²) in [6, 6.07) is 12.1. The molecule has 0 aliphatic carbocycles. The number of rotatable bonds is 8. The summed E-state index contributed by atoms with van der Waals surface area (Å²) < 4.78 is 15.7. The largest absolute Gasteiger partial charge is 0.497 e. The van der Waals surface area contributed by atoms with Crippen LogP contribution in [0.3, 0.4) is 0 Å². The molecule has 4 amide bonds. The van der Waals surface area contributed by atoms with Crippen LogP contribution in [-0.2, 0) is 25.7 Å². The number of hydrogen-bond donors (Lipinski definition) is 4. The maximum atomic E-state index is 12.1. The van der Waals surface area contributed by atoms with Gasteiger partial charge < -0.3 is 29.8 Å². The van der Waals surface area contributed by atoms with Gasteiger partial charge in [0.2, 0.25) is 0 Å². The average Bonchev–Trinajstić information content (AvgIpc) is 3.37. The number of carbonyl (C=O) groups excluding carboxylic acids is 4. The van der Waals surface area contributed by atoms with Gasteiger partial charge in [-0.1, -0.05) is 23.2 Å². The van der Waals surface area contributed by atoms with Crippen LogP contribution in [0.15, 0.2) is 58.0 Å². The summed E-state index contributed by atoms with van der Waals surface area (Å²) >= 11 is 11.7. The van der Waals surface area contributed by atoms with Crippen LogP contribution in [0.25, 0.3) is 0 Å². The molecule has 0 bridgehead atoms. The molecule has 14 heteroatoms. The van der Waals surface area contributed by atoms with Gasteiger partial charge in [0.15, 0.2) is 0 Å². The minimum atomic E-state index is -1.04. The van der Waals surface area contributed by atoms with Crippen molar-refractivity contribution in [1.29, 1.82) is 0 Å². The lowest BCUT2D eigenvalue weighted by Crippen LogP contribution is -2.34. The van der Waals surface area contributed by atoms with Gasteiger partial charge in [-0.25, -0.2) is 5.43 Å². The molecule has 1 aromatic heterocycles. The second-order valence-electron chi connectivity index (χ2n) is 7.29. The number of nitrogens with zero attached hydrogens (tertiary/aromatic N) is 1. The molecule has 3 aromatic rings. The van der Waals surface area contributed by atoms with Crippen molar-refractivity contribution in [2.45, 2.75) is 6.54 Å². The molecular weight excluding hydrogens is 541 g/mol. The first-order valence-corrected chi connectivity index (χ1v) is 11.4. The van der Waals surface area contributed by atoms with E-state index in [1.54, 1.807) is 12.1 Å². The van der Waals surface area contributed by atoms with Crippen LogP contribution in [-0.4, -0.2) is 44.1 Å². The average molecular weight is 562 g/mol. The lowest BCUT2D eigenvalue weighted by Gasteiger charge is -2.10. The van der Waals surface area contributed by atoms with Crippen LogP contribution in [0, 0.1) is 0 Å². The van der Waals surface area contributed by atoms with E-state index in [-0.39, 0.29) is 23.0 Å². The van der Waals surface area contributed by atoms with E-state index in [1.165, 1.54) is 50.6 Å². The summed E-state index contributed by atoms with van der Waals surface area (Å²) in [5, 5.41) is 11.4. The molecule has 0 aliphatic rings. The monoisotopic (exact) mass is 561 g/mol. The molecular formula is C24H21Cl2N5O7. The number of ether oxygens (including phenoxy) is 2. The third kappa shape index (κ3) is 7.72. The van der Waals surface area contributed by atoms with Gasteiger partial charge in [0.05, 0.1) is 42.7 Å². The third-order valence-electron chi connectivity index (χ3n) is 4.71. The normalized spacial score (nSPS) is 10.5. The van der Waals surface area contributed by atoms with Crippen LogP contribution in [0.1, 0.15) is 11.5 Å². The van der Waals surface area contributed by atoms with E-state index in [9.17, 15) is 19.2 Å². The van der Waals surface area contributed by atoms with Gasteiger partial charge in [0, 0.05) is 11.8 Å². The summed E-state index contributed by atoms with van der Waals surface area (Å²) in [7, 11) is 2.89. The Hall–Kier alpha value is -4.55. The summed E-state index contributed by atoms with van der Waals surface area (Å²) in [5.74, 6) is -2.50. The summed E-state index contributed by atoms with van der Waals surface area (Å²) in [6.07, 6.45) is 1.15. The van der Waals surface area contributed by atoms with Crippen LogP contribution >= 0.6 is 23.2 Å². The standard InChI is InChI=1S/C24H21Cl2N5O7/c1-36-14-6-8-19(20(10-14)37-2)30-23(34)24(35)31-28-12-16-5-4-15(38-16)11-27-21(32)22(33)29-13-3-7-17(25)18(26)9-13/h3-10,12H,11H2,1-2H3,(H,27,32)(H,29,33)(H,30,34)(H,31,35)/b28-12+. The number of furan rings is 1. The van der Waals surface area contributed by atoms with Gasteiger partial charge in [-0.2, -0.15) is 5.10 Å². The molecule has 0 radical (unpaired) electrons. The van der Waals surface area contributed by atoms with Crippen molar-refractivity contribution in [2.24, 2.45) is 5.10 Å². The van der Waals surface area contributed by atoms with Gasteiger partial charge in [0.1, 0.15) is 23.0 Å². The Morgan fingerprint density at radius 3 is 2.34 bits per heavy atom. The number of amides is 4. The van der Waals surface area contributed by atoms with E-state index in [1.807, 2.05) is 0 Å². The molecule has 0 unspecified atom stereocenters. The van der Waals surface area contributed by atoms with E-state index >= 15 is 0 Å². The number of benzene rings is 2. The SMILES string of the molecule is COc1ccc(NC(=O)C(=O)N/N=C/c2ccc(CNC(=O)C(=O)Nc3ccc(Cl)c(Cl)c3)o2)c(OC)c1. The maximum Gasteiger partial charge on any atom is 0.329 e. The molecule has 2 aromatic carbocycles. The van der Waals surface area contributed by atoms with Crippen molar-refractivity contribution in [3.63, 3.8) is 0 Å². The molecule has 0 aliphatic heterocycles. The predicted molar refractivity (Wildman–Crippen MR) is 140 cm³/mol. The predicted octanol–water partition coefficient (Wildman–Crippen LogP) is 2.95. The Morgan fingerprint density at radius 2 is 1.63 bits per heavy atom. The third-order valence-corrected chi connectivity index (χ3v) is 5.45. The molecule has 12 nitrogen and oxygen atoms in total. The number of hydrazone groups is 1. The first-order chi connectivity index (χ1) is 18.2. The molecule has 198 valence electrons. The van der Waals surface area contributed by atoms with Gasteiger partial charge >= 0.3 is 23.6 Å². The number of carbonyl (C=O) groups is 4. The highest BCUT2D eigenvalue weighted by atomic mass is 35.5. The van der Waals surface area contributed by atoms with Crippen LogP contribution in [0.5, 0.6) is 11.5 Å². The minimum absolute atomic E-state index is 0.0973. The van der Waals surface area contributed by atoms with Gasteiger partial charge in [-0.05, 0) is 42.5 Å². The number of hydrogen-bond acceptors (Lipinski definition) is 8. The molecule has 0 spiro atoms. The van der Waals surface area contributed by atoms with Crippen molar-refractivity contribution >= 4 is 64.4 Å². The lowest BCUT2D eigenvalue weighted by molar-refractivity contribution is -0.136. The Kier molecular flexibility index (Phi) is 9.68. The zero-order valence-electron chi connectivity index (χ0n) is 20.0. The highest BCUT2D eigenvalue weighted by molar-refractivity contribution is 6.43. The van der Waals surface area contributed by atoms with Gasteiger partial charge in [-0.3, -0.25) is 19.2 Å². The maximum absolute atomic E-state index is 12.1. The van der Waals surface area contributed by atoms with E-state index in [4.69, 9.17) is 37.1 Å². The van der Waals surface area contributed by atoms with Crippen molar-refractivity contribution < 1.29 is 33.1 Å². The summed E-state index contributed by atoms with van der Waals surface area (Å²) in [5.41, 5.74) is 2.63. The number of halogens is 2. The molecule has 38 heavy (non-hydrogen) atoms. The van der Waals surface area contributed by atoms with Crippen molar-refractivity contribution in [1.82, 2.24) is 10.7 Å². The number of nitrogens with one attached hydrogen (secondary N) is 4. The topological polar surface area (TPSA) is 160 Å². The Bertz CT molecular complexity index is 1390. The number of methoxy groups -OCH3 is 2. The zero-order chi connectivity index (χ0) is 27.7. The molecule has 0 atom stereocenters. The first-order valence-electron chi connectivity index (χ1n) is 10.7. The van der Waals surface area contributed by atoms with E-state index in [0.717, 1.165) is 6.21 Å². The quantitative estimate of drug-likeness (QED) is 0.187. The highest BCUT2D eigenvalue weighted by Crippen LogP contribution is 2.29. The molecule has 0 saturated heterocycles. The second kappa shape index (κ2) is 13.1. The fraction of sp³-hybridized carbons (Fsp3) is 0.125.